The highest BCUT2D eigenvalue weighted by molar-refractivity contribution is 5.88. The van der Waals surface area contributed by atoms with Crippen LogP contribution < -0.4 is 0 Å². The van der Waals surface area contributed by atoms with Crippen molar-refractivity contribution in [1.82, 2.24) is 4.90 Å². The highest BCUT2D eigenvalue weighted by Gasteiger charge is 2.35. The van der Waals surface area contributed by atoms with Crippen LogP contribution in [0, 0.1) is 12.3 Å². The Balaban J connectivity index is 1.58. The third-order valence-electron chi connectivity index (χ3n) is 5.41. The van der Waals surface area contributed by atoms with Gasteiger partial charge in [0.15, 0.2) is 0 Å². The molecule has 2 fully saturated rings. The molecule has 2 heterocycles. The number of aromatic carboxylic acids is 1. The largest absolute Gasteiger partial charge is 0.478 e. The zero-order chi connectivity index (χ0) is 14.9. The van der Waals surface area contributed by atoms with Crippen molar-refractivity contribution in [2.75, 3.05) is 13.1 Å². The first-order valence-corrected chi connectivity index (χ1v) is 8.13. The zero-order valence-electron chi connectivity index (χ0n) is 12.9. The molecule has 1 saturated carbocycles. The molecular weight excluding hydrogens is 266 g/mol. The van der Waals surface area contributed by atoms with E-state index in [1.165, 1.54) is 44.9 Å². The average molecular weight is 291 g/mol. The van der Waals surface area contributed by atoms with Crippen LogP contribution in [0.5, 0.6) is 0 Å². The Morgan fingerprint density at radius 2 is 1.90 bits per heavy atom. The Bertz CT molecular complexity index is 504. The number of aryl methyl sites for hydroxylation is 1. The molecule has 1 aliphatic heterocycles. The minimum Gasteiger partial charge on any atom is -0.478 e. The molecular formula is C17H25NO3. The Hall–Kier alpha value is -1.29. The molecule has 0 bridgehead atoms. The molecule has 0 aromatic carbocycles. The predicted molar refractivity (Wildman–Crippen MR) is 80.4 cm³/mol. The normalized spacial score (nSPS) is 22.5. The van der Waals surface area contributed by atoms with Gasteiger partial charge in [-0.15, -0.1) is 0 Å². The van der Waals surface area contributed by atoms with E-state index in [9.17, 15) is 4.79 Å². The average Bonchev–Trinajstić information content (AvgIpc) is 2.84. The minimum atomic E-state index is -0.901. The molecule has 1 spiro atoms. The van der Waals surface area contributed by atoms with E-state index in [0.29, 0.717) is 16.7 Å². The monoisotopic (exact) mass is 291 g/mol. The van der Waals surface area contributed by atoms with Crippen molar-refractivity contribution in [3.05, 3.63) is 23.2 Å². The summed E-state index contributed by atoms with van der Waals surface area (Å²) in [6.07, 6.45) is 9.61. The molecule has 0 unspecified atom stereocenters. The van der Waals surface area contributed by atoms with Crippen molar-refractivity contribution in [1.29, 1.82) is 0 Å². The number of hydrogen-bond donors (Lipinski definition) is 1. The second-order valence-corrected chi connectivity index (χ2v) is 6.82. The second kappa shape index (κ2) is 5.84. The van der Waals surface area contributed by atoms with E-state index < -0.39 is 5.97 Å². The number of rotatable bonds is 3. The van der Waals surface area contributed by atoms with Crippen LogP contribution in [0.15, 0.2) is 10.5 Å². The molecule has 1 saturated heterocycles. The minimum absolute atomic E-state index is 0.297. The Labute approximate surface area is 126 Å². The SMILES string of the molecule is Cc1oc(CN2CCC3(CCCCC3)CC2)cc1C(=O)O. The first kappa shape index (κ1) is 14.6. The molecule has 1 aromatic heterocycles. The number of carboxylic acid groups (broad SMARTS) is 1. The van der Waals surface area contributed by atoms with Gasteiger partial charge in [0, 0.05) is 0 Å². The van der Waals surface area contributed by atoms with Crippen molar-refractivity contribution in [2.45, 2.75) is 58.4 Å². The van der Waals surface area contributed by atoms with Crippen LogP contribution in [0.2, 0.25) is 0 Å². The first-order chi connectivity index (χ1) is 10.1. The van der Waals surface area contributed by atoms with Crippen LogP contribution >= 0.6 is 0 Å². The van der Waals surface area contributed by atoms with Gasteiger partial charge in [0.2, 0.25) is 0 Å². The van der Waals surface area contributed by atoms with Gasteiger partial charge in [-0.2, -0.15) is 0 Å². The van der Waals surface area contributed by atoms with Crippen LogP contribution in [-0.2, 0) is 6.54 Å². The smallest absolute Gasteiger partial charge is 0.339 e. The molecule has 0 radical (unpaired) electrons. The van der Waals surface area contributed by atoms with Crippen LogP contribution in [0.1, 0.15) is 66.8 Å². The Morgan fingerprint density at radius 3 is 2.48 bits per heavy atom. The van der Waals surface area contributed by atoms with E-state index in [2.05, 4.69) is 4.90 Å². The lowest BCUT2D eigenvalue weighted by atomic mass is 9.68. The summed E-state index contributed by atoms with van der Waals surface area (Å²) < 4.78 is 5.59. The lowest BCUT2D eigenvalue weighted by molar-refractivity contribution is 0.0607. The summed E-state index contributed by atoms with van der Waals surface area (Å²) in [5, 5.41) is 9.08. The topological polar surface area (TPSA) is 53.7 Å². The molecule has 0 atom stereocenters. The quantitative estimate of drug-likeness (QED) is 0.919. The molecule has 4 heteroatoms. The lowest BCUT2D eigenvalue weighted by Crippen LogP contribution is -2.40. The van der Waals surface area contributed by atoms with Gasteiger partial charge in [0.25, 0.3) is 0 Å². The van der Waals surface area contributed by atoms with Crippen LogP contribution in [0.4, 0.5) is 0 Å². The van der Waals surface area contributed by atoms with E-state index in [1.54, 1.807) is 13.0 Å². The van der Waals surface area contributed by atoms with Crippen molar-refractivity contribution < 1.29 is 14.3 Å². The molecule has 21 heavy (non-hydrogen) atoms. The summed E-state index contributed by atoms with van der Waals surface area (Å²) in [5.74, 6) is 0.394. The fourth-order valence-corrected chi connectivity index (χ4v) is 4.04. The van der Waals surface area contributed by atoms with E-state index in [0.717, 1.165) is 25.4 Å². The standard InChI is InChI=1S/C17H25NO3/c1-13-15(16(19)20)11-14(21-13)12-18-9-7-17(8-10-18)5-3-2-4-6-17/h11H,2-10,12H2,1H3,(H,19,20). The lowest BCUT2D eigenvalue weighted by Gasteiger charge is -2.44. The maximum atomic E-state index is 11.1. The van der Waals surface area contributed by atoms with Crippen LogP contribution in [-0.4, -0.2) is 29.1 Å². The van der Waals surface area contributed by atoms with Crippen molar-refractivity contribution in [3.63, 3.8) is 0 Å². The van der Waals surface area contributed by atoms with Gasteiger partial charge >= 0.3 is 5.97 Å². The van der Waals surface area contributed by atoms with Gasteiger partial charge in [-0.05, 0) is 57.2 Å². The predicted octanol–water partition coefficient (Wildman–Crippen LogP) is 3.83. The van der Waals surface area contributed by atoms with Crippen LogP contribution in [0.25, 0.3) is 0 Å². The fourth-order valence-electron chi connectivity index (χ4n) is 4.04. The molecule has 3 rings (SSSR count). The van der Waals surface area contributed by atoms with Gasteiger partial charge in [0.1, 0.15) is 17.1 Å². The van der Waals surface area contributed by atoms with Gasteiger partial charge in [-0.1, -0.05) is 19.3 Å². The highest BCUT2D eigenvalue weighted by atomic mass is 16.4. The number of nitrogens with zero attached hydrogens (tertiary/aromatic N) is 1. The highest BCUT2D eigenvalue weighted by Crippen LogP contribution is 2.44. The zero-order valence-corrected chi connectivity index (χ0v) is 12.9. The maximum absolute atomic E-state index is 11.1. The van der Waals surface area contributed by atoms with Crippen LogP contribution in [0.3, 0.4) is 0 Å². The molecule has 1 aliphatic carbocycles. The molecule has 0 amide bonds. The van der Waals surface area contributed by atoms with Gasteiger partial charge in [0.05, 0.1) is 6.54 Å². The number of furan rings is 1. The number of piperidine rings is 1. The summed E-state index contributed by atoms with van der Waals surface area (Å²) in [7, 11) is 0. The number of carboxylic acids is 1. The van der Waals surface area contributed by atoms with Gasteiger partial charge in [-0.25, -0.2) is 4.79 Å². The second-order valence-electron chi connectivity index (χ2n) is 6.82. The van der Waals surface area contributed by atoms with E-state index in [1.807, 2.05) is 0 Å². The third kappa shape index (κ3) is 3.15. The number of hydrogen-bond acceptors (Lipinski definition) is 3. The van der Waals surface area contributed by atoms with Crippen molar-refractivity contribution in [2.24, 2.45) is 5.41 Å². The Kier molecular flexibility index (Phi) is 4.07. The number of carbonyl (C=O) groups is 1. The van der Waals surface area contributed by atoms with E-state index in [4.69, 9.17) is 9.52 Å². The van der Waals surface area contributed by atoms with Crippen molar-refractivity contribution >= 4 is 5.97 Å². The van der Waals surface area contributed by atoms with Crippen molar-refractivity contribution in [3.8, 4) is 0 Å². The molecule has 1 N–H and O–H groups in total. The third-order valence-corrected chi connectivity index (χ3v) is 5.41. The Morgan fingerprint density at radius 1 is 1.24 bits per heavy atom. The van der Waals surface area contributed by atoms with E-state index in [-0.39, 0.29) is 0 Å². The maximum Gasteiger partial charge on any atom is 0.339 e. The summed E-state index contributed by atoms with van der Waals surface area (Å²) in [5.41, 5.74) is 0.908. The molecule has 4 nitrogen and oxygen atoms in total. The molecule has 2 aliphatic rings. The molecule has 116 valence electrons. The van der Waals surface area contributed by atoms with E-state index >= 15 is 0 Å². The molecule has 1 aromatic rings. The summed E-state index contributed by atoms with van der Waals surface area (Å²) in [6, 6.07) is 1.68. The summed E-state index contributed by atoms with van der Waals surface area (Å²) in [4.78, 5) is 13.5. The fraction of sp³-hybridized carbons (Fsp3) is 0.706. The summed E-state index contributed by atoms with van der Waals surface area (Å²) in [6.45, 7) is 4.69. The van der Waals surface area contributed by atoms with Gasteiger partial charge in [-0.3, -0.25) is 4.90 Å². The van der Waals surface area contributed by atoms with Gasteiger partial charge < -0.3 is 9.52 Å². The summed E-state index contributed by atoms with van der Waals surface area (Å²) >= 11 is 0. The number of likely N-dealkylation sites (tertiary alicyclic amines) is 1. The first-order valence-electron chi connectivity index (χ1n) is 8.13.